The van der Waals surface area contributed by atoms with Gasteiger partial charge in [0, 0.05) is 30.6 Å². The Bertz CT molecular complexity index is 999. The van der Waals surface area contributed by atoms with E-state index >= 15 is 0 Å². The van der Waals surface area contributed by atoms with E-state index in [0.717, 1.165) is 48.0 Å². The zero-order valence-corrected chi connectivity index (χ0v) is 18.9. The molecule has 1 saturated heterocycles. The van der Waals surface area contributed by atoms with Gasteiger partial charge in [0.1, 0.15) is 5.75 Å². The van der Waals surface area contributed by atoms with Gasteiger partial charge in [-0.1, -0.05) is 43.3 Å². The van der Waals surface area contributed by atoms with Gasteiger partial charge in [0.2, 0.25) is 11.8 Å². The maximum atomic E-state index is 13.0. The number of ether oxygens (including phenoxy) is 1. The van der Waals surface area contributed by atoms with Gasteiger partial charge in [-0.2, -0.15) is 0 Å². The Morgan fingerprint density at radius 3 is 2.62 bits per heavy atom. The molecule has 0 bridgehead atoms. The summed E-state index contributed by atoms with van der Waals surface area (Å²) in [5.41, 5.74) is 1.68. The van der Waals surface area contributed by atoms with Crippen molar-refractivity contribution in [2.45, 2.75) is 43.9 Å². The minimum atomic E-state index is -0.186. The Labute approximate surface area is 192 Å². The molecule has 0 aliphatic carbocycles. The van der Waals surface area contributed by atoms with E-state index in [0.29, 0.717) is 18.1 Å². The van der Waals surface area contributed by atoms with Gasteiger partial charge in [-0.05, 0) is 43.3 Å². The summed E-state index contributed by atoms with van der Waals surface area (Å²) in [7, 11) is 0. The summed E-state index contributed by atoms with van der Waals surface area (Å²) in [5.74, 6) is 2.14. The first kappa shape index (κ1) is 22.2. The fraction of sp³-hybridized carbons (Fsp3) is 0.333. The van der Waals surface area contributed by atoms with Crippen molar-refractivity contribution in [3.63, 3.8) is 0 Å². The maximum Gasteiger partial charge on any atom is 0.241 e. The SMILES string of the molecule is CCSc1ncc(CN2CCCC[C@H]2C(=O)Nc2ccc(Oc3ccccc3)nc2)cn1. The average molecular weight is 450 g/mol. The number of nitrogens with zero attached hydrogens (tertiary/aromatic N) is 4. The molecular weight excluding hydrogens is 422 g/mol. The van der Waals surface area contributed by atoms with E-state index in [1.807, 2.05) is 48.8 Å². The number of anilines is 1. The van der Waals surface area contributed by atoms with E-state index < -0.39 is 0 Å². The van der Waals surface area contributed by atoms with Crippen molar-refractivity contribution < 1.29 is 9.53 Å². The fourth-order valence-corrected chi connectivity index (χ4v) is 4.20. The van der Waals surface area contributed by atoms with Gasteiger partial charge in [-0.25, -0.2) is 15.0 Å². The molecule has 3 heterocycles. The zero-order valence-electron chi connectivity index (χ0n) is 18.1. The molecule has 0 radical (unpaired) electrons. The lowest BCUT2D eigenvalue weighted by Gasteiger charge is -2.34. The van der Waals surface area contributed by atoms with E-state index in [2.05, 4.69) is 32.1 Å². The van der Waals surface area contributed by atoms with Crippen molar-refractivity contribution in [2.24, 2.45) is 0 Å². The van der Waals surface area contributed by atoms with Crippen LogP contribution in [-0.4, -0.2) is 44.1 Å². The Morgan fingerprint density at radius 1 is 1.09 bits per heavy atom. The second-order valence-electron chi connectivity index (χ2n) is 7.58. The number of carbonyl (C=O) groups excluding carboxylic acids is 1. The number of aromatic nitrogens is 3. The van der Waals surface area contributed by atoms with Crippen LogP contribution in [0, 0.1) is 0 Å². The number of para-hydroxylation sites is 1. The van der Waals surface area contributed by atoms with Crippen LogP contribution < -0.4 is 10.1 Å². The summed E-state index contributed by atoms with van der Waals surface area (Å²) in [4.78, 5) is 28.4. The van der Waals surface area contributed by atoms with Crippen molar-refractivity contribution >= 4 is 23.4 Å². The summed E-state index contributed by atoms with van der Waals surface area (Å²) in [5, 5.41) is 3.80. The third kappa shape index (κ3) is 6.05. The van der Waals surface area contributed by atoms with Crippen LogP contribution in [0.1, 0.15) is 31.7 Å². The Morgan fingerprint density at radius 2 is 1.91 bits per heavy atom. The molecular formula is C24H27N5O2S. The van der Waals surface area contributed by atoms with Crippen LogP contribution in [0.25, 0.3) is 0 Å². The molecule has 2 aromatic heterocycles. The number of carbonyl (C=O) groups is 1. The quantitative estimate of drug-likeness (QED) is 0.392. The molecule has 1 aromatic carbocycles. The molecule has 1 amide bonds. The molecule has 4 rings (SSSR count). The topological polar surface area (TPSA) is 80.2 Å². The molecule has 1 N–H and O–H groups in total. The molecule has 1 atom stereocenters. The number of amides is 1. The minimum Gasteiger partial charge on any atom is -0.439 e. The molecule has 0 saturated carbocycles. The first-order chi connectivity index (χ1) is 15.7. The van der Waals surface area contributed by atoms with Crippen molar-refractivity contribution in [3.05, 3.63) is 66.6 Å². The van der Waals surface area contributed by atoms with Crippen LogP contribution in [0.15, 0.2) is 66.2 Å². The molecule has 1 aliphatic heterocycles. The number of rotatable bonds is 8. The highest BCUT2D eigenvalue weighted by Gasteiger charge is 2.29. The predicted octanol–water partition coefficient (Wildman–Crippen LogP) is 4.77. The second kappa shape index (κ2) is 11.1. The minimum absolute atomic E-state index is 0.0118. The first-order valence-electron chi connectivity index (χ1n) is 10.9. The molecule has 0 spiro atoms. The summed E-state index contributed by atoms with van der Waals surface area (Å²) < 4.78 is 5.72. The third-order valence-electron chi connectivity index (χ3n) is 5.23. The lowest BCUT2D eigenvalue weighted by Crippen LogP contribution is -2.46. The molecule has 32 heavy (non-hydrogen) atoms. The van der Waals surface area contributed by atoms with E-state index in [1.54, 1.807) is 24.0 Å². The Hall–Kier alpha value is -2.97. The monoisotopic (exact) mass is 449 g/mol. The van der Waals surface area contributed by atoms with Crippen LogP contribution in [0.3, 0.4) is 0 Å². The Kier molecular flexibility index (Phi) is 7.68. The maximum absolute atomic E-state index is 13.0. The van der Waals surface area contributed by atoms with Crippen LogP contribution >= 0.6 is 11.8 Å². The highest BCUT2D eigenvalue weighted by molar-refractivity contribution is 7.99. The number of pyridine rings is 1. The molecule has 1 aliphatic rings. The average Bonchev–Trinajstić information content (AvgIpc) is 2.83. The standard InChI is InChI=1S/C24H27N5O2S/c1-2-32-24-26-14-18(15-27-24)17-29-13-7-6-10-21(29)23(30)28-19-11-12-22(25-16-19)31-20-8-4-3-5-9-20/h3-5,8-9,11-12,14-16,21H,2,6-7,10,13,17H2,1H3,(H,28,30)/t21-/m0/s1. The number of hydrogen-bond acceptors (Lipinski definition) is 7. The van der Waals surface area contributed by atoms with Crippen LogP contribution in [0.4, 0.5) is 5.69 Å². The number of thioether (sulfide) groups is 1. The van der Waals surface area contributed by atoms with Gasteiger partial charge in [-0.3, -0.25) is 9.69 Å². The Balaban J connectivity index is 1.36. The molecule has 7 nitrogen and oxygen atoms in total. The highest BCUT2D eigenvalue weighted by Crippen LogP contribution is 2.23. The van der Waals surface area contributed by atoms with Crippen molar-refractivity contribution in [2.75, 3.05) is 17.6 Å². The largest absolute Gasteiger partial charge is 0.439 e. The fourth-order valence-electron chi connectivity index (χ4n) is 3.69. The molecule has 3 aromatic rings. The van der Waals surface area contributed by atoms with Crippen molar-refractivity contribution in [1.82, 2.24) is 19.9 Å². The molecule has 1 fully saturated rings. The summed E-state index contributed by atoms with van der Waals surface area (Å²) >= 11 is 1.62. The second-order valence-corrected chi connectivity index (χ2v) is 8.81. The lowest BCUT2D eigenvalue weighted by molar-refractivity contribution is -0.122. The van der Waals surface area contributed by atoms with Crippen LogP contribution in [0.2, 0.25) is 0 Å². The summed E-state index contributed by atoms with van der Waals surface area (Å²) in [6.07, 6.45) is 8.31. The van der Waals surface area contributed by atoms with Crippen LogP contribution in [-0.2, 0) is 11.3 Å². The number of hydrogen-bond donors (Lipinski definition) is 1. The number of nitrogens with one attached hydrogen (secondary N) is 1. The van der Waals surface area contributed by atoms with E-state index in [-0.39, 0.29) is 11.9 Å². The highest BCUT2D eigenvalue weighted by atomic mass is 32.2. The third-order valence-corrected chi connectivity index (χ3v) is 5.98. The lowest BCUT2D eigenvalue weighted by atomic mass is 10.0. The van der Waals surface area contributed by atoms with E-state index in [1.165, 1.54) is 0 Å². The van der Waals surface area contributed by atoms with Gasteiger partial charge in [0.05, 0.1) is 17.9 Å². The van der Waals surface area contributed by atoms with Crippen molar-refractivity contribution in [3.8, 4) is 11.6 Å². The van der Waals surface area contributed by atoms with Crippen LogP contribution in [0.5, 0.6) is 11.6 Å². The molecule has 166 valence electrons. The number of piperidine rings is 1. The van der Waals surface area contributed by atoms with Gasteiger partial charge in [0.15, 0.2) is 5.16 Å². The van der Waals surface area contributed by atoms with Gasteiger partial charge < -0.3 is 10.1 Å². The molecule has 0 unspecified atom stereocenters. The summed E-state index contributed by atoms with van der Waals surface area (Å²) in [6.45, 7) is 3.63. The van der Waals surface area contributed by atoms with E-state index in [4.69, 9.17) is 4.74 Å². The summed E-state index contributed by atoms with van der Waals surface area (Å²) in [6, 6.07) is 12.9. The molecule has 8 heteroatoms. The van der Waals surface area contributed by atoms with Gasteiger partial charge in [-0.15, -0.1) is 0 Å². The zero-order chi connectivity index (χ0) is 22.2. The van der Waals surface area contributed by atoms with Crippen molar-refractivity contribution in [1.29, 1.82) is 0 Å². The first-order valence-corrected chi connectivity index (χ1v) is 11.9. The predicted molar refractivity (Wildman–Crippen MR) is 126 cm³/mol. The number of likely N-dealkylation sites (tertiary alicyclic amines) is 1. The number of benzene rings is 1. The normalized spacial score (nSPS) is 16.5. The van der Waals surface area contributed by atoms with E-state index in [9.17, 15) is 4.79 Å². The smallest absolute Gasteiger partial charge is 0.241 e. The van der Waals surface area contributed by atoms with Gasteiger partial charge >= 0.3 is 0 Å². The van der Waals surface area contributed by atoms with Gasteiger partial charge in [0.25, 0.3) is 0 Å².